The molecule has 0 heterocycles. The van der Waals surface area contributed by atoms with Crippen molar-refractivity contribution in [3.63, 3.8) is 0 Å². The number of rotatable bonds is 8. The molecule has 0 saturated carbocycles. The third-order valence-corrected chi connectivity index (χ3v) is 2.69. The highest BCUT2D eigenvalue weighted by Gasteiger charge is 2.05. The number of amides is 1. The van der Waals surface area contributed by atoms with Gasteiger partial charge in [-0.3, -0.25) is 14.9 Å². The Labute approximate surface area is 118 Å². The van der Waals surface area contributed by atoms with Crippen LogP contribution in [0.4, 0.5) is 5.69 Å². The fourth-order valence-corrected chi connectivity index (χ4v) is 1.62. The number of carbonyl (C=O) groups is 1. The van der Waals surface area contributed by atoms with Crippen molar-refractivity contribution in [1.82, 2.24) is 10.6 Å². The second-order valence-electron chi connectivity index (χ2n) is 5.05. The summed E-state index contributed by atoms with van der Waals surface area (Å²) in [6, 6.07) is 6.47. The minimum Gasteiger partial charge on any atom is -0.356 e. The number of nitro benzene ring substituents is 1. The Morgan fingerprint density at radius 2 is 2.15 bits per heavy atom. The summed E-state index contributed by atoms with van der Waals surface area (Å²) in [5.74, 6) is 0.460. The van der Waals surface area contributed by atoms with Gasteiger partial charge in [0.05, 0.1) is 4.92 Å². The first-order chi connectivity index (χ1) is 9.49. The number of hydrogen-bond acceptors (Lipinski definition) is 4. The Balaban J connectivity index is 2.26. The Bertz CT molecular complexity index is 461. The van der Waals surface area contributed by atoms with Crippen LogP contribution in [0.25, 0.3) is 0 Å². The summed E-state index contributed by atoms with van der Waals surface area (Å²) in [6.45, 7) is 5.83. The quantitative estimate of drug-likeness (QED) is 0.432. The molecule has 0 spiro atoms. The summed E-state index contributed by atoms with van der Waals surface area (Å²) in [6.07, 6.45) is 0.404. The minimum absolute atomic E-state index is 0.0187. The molecule has 20 heavy (non-hydrogen) atoms. The van der Waals surface area contributed by atoms with Crippen LogP contribution in [0.1, 0.15) is 25.8 Å². The van der Waals surface area contributed by atoms with E-state index in [0.717, 1.165) is 5.56 Å². The van der Waals surface area contributed by atoms with E-state index in [4.69, 9.17) is 0 Å². The molecule has 0 aliphatic heterocycles. The van der Waals surface area contributed by atoms with Crippen molar-refractivity contribution in [3.05, 3.63) is 39.9 Å². The van der Waals surface area contributed by atoms with Crippen LogP contribution in [0.5, 0.6) is 0 Å². The van der Waals surface area contributed by atoms with Crippen LogP contribution < -0.4 is 10.6 Å². The molecule has 0 bridgehead atoms. The van der Waals surface area contributed by atoms with E-state index >= 15 is 0 Å². The molecule has 0 aliphatic rings. The maximum Gasteiger partial charge on any atom is 0.269 e. The molecule has 0 saturated heterocycles. The fraction of sp³-hybridized carbons (Fsp3) is 0.500. The minimum atomic E-state index is -0.414. The molecular weight excluding hydrogens is 258 g/mol. The lowest BCUT2D eigenvalue weighted by Gasteiger charge is -2.08. The molecule has 0 radical (unpaired) electrons. The summed E-state index contributed by atoms with van der Waals surface area (Å²) in [4.78, 5) is 21.7. The molecule has 0 fully saturated rings. The van der Waals surface area contributed by atoms with E-state index in [9.17, 15) is 14.9 Å². The molecule has 0 unspecified atom stereocenters. The summed E-state index contributed by atoms with van der Waals surface area (Å²) in [7, 11) is 0. The first-order valence-corrected chi connectivity index (χ1v) is 6.69. The van der Waals surface area contributed by atoms with Crippen molar-refractivity contribution in [2.45, 2.75) is 26.8 Å². The average Bonchev–Trinajstić information content (AvgIpc) is 2.41. The van der Waals surface area contributed by atoms with Gasteiger partial charge in [0.1, 0.15) is 0 Å². The number of non-ortho nitro benzene ring substituents is 1. The van der Waals surface area contributed by atoms with Crippen LogP contribution in [-0.4, -0.2) is 23.9 Å². The summed E-state index contributed by atoms with van der Waals surface area (Å²) >= 11 is 0. The number of nitrogens with one attached hydrogen (secondary N) is 2. The van der Waals surface area contributed by atoms with E-state index in [0.29, 0.717) is 32.0 Å². The Hall–Kier alpha value is -1.95. The van der Waals surface area contributed by atoms with Gasteiger partial charge in [-0.15, -0.1) is 0 Å². The van der Waals surface area contributed by atoms with Crippen molar-refractivity contribution >= 4 is 11.6 Å². The van der Waals surface area contributed by atoms with Crippen LogP contribution in [0, 0.1) is 16.0 Å². The molecule has 2 N–H and O–H groups in total. The number of benzene rings is 1. The van der Waals surface area contributed by atoms with Gasteiger partial charge in [-0.1, -0.05) is 26.0 Å². The smallest absolute Gasteiger partial charge is 0.269 e. The van der Waals surface area contributed by atoms with Crippen molar-refractivity contribution in [3.8, 4) is 0 Å². The normalized spacial score (nSPS) is 10.6. The Morgan fingerprint density at radius 1 is 1.40 bits per heavy atom. The van der Waals surface area contributed by atoms with Crippen molar-refractivity contribution in [2.24, 2.45) is 5.92 Å². The zero-order chi connectivity index (χ0) is 15.0. The maximum absolute atomic E-state index is 11.5. The van der Waals surface area contributed by atoms with Gasteiger partial charge < -0.3 is 10.6 Å². The topological polar surface area (TPSA) is 84.3 Å². The van der Waals surface area contributed by atoms with Gasteiger partial charge in [0.2, 0.25) is 5.91 Å². The molecular formula is C14H21N3O3. The van der Waals surface area contributed by atoms with Crippen molar-refractivity contribution < 1.29 is 9.72 Å². The molecule has 1 aromatic rings. The molecule has 0 aromatic heterocycles. The maximum atomic E-state index is 11.5. The van der Waals surface area contributed by atoms with E-state index in [1.54, 1.807) is 6.07 Å². The Morgan fingerprint density at radius 3 is 2.80 bits per heavy atom. The fourth-order valence-electron chi connectivity index (χ4n) is 1.62. The molecule has 6 nitrogen and oxygen atoms in total. The van der Waals surface area contributed by atoms with Crippen LogP contribution in [-0.2, 0) is 11.3 Å². The van der Waals surface area contributed by atoms with Gasteiger partial charge in [-0.25, -0.2) is 0 Å². The molecule has 1 amide bonds. The van der Waals surface area contributed by atoms with Crippen LogP contribution >= 0.6 is 0 Å². The first-order valence-electron chi connectivity index (χ1n) is 6.69. The third kappa shape index (κ3) is 6.29. The number of carbonyl (C=O) groups excluding carboxylic acids is 1. The zero-order valence-electron chi connectivity index (χ0n) is 11.9. The van der Waals surface area contributed by atoms with Crippen LogP contribution in [0.3, 0.4) is 0 Å². The van der Waals surface area contributed by atoms with E-state index in [2.05, 4.69) is 10.6 Å². The van der Waals surface area contributed by atoms with Gasteiger partial charge >= 0.3 is 0 Å². The van der Waals surface area contributed by atoms with Crippen LogP contribution in [0.2, 0.25) is 0 Å². The lowest BCUT2D eigenvalue weighted by atomic mass is 10.2. The van der Waals surface area contributed by atoms with E-state index in [-0.39, 0.29) is 11.6 Å². The molecule has 1 aromatic carbocycles. The largest absolute Gasteiger partial charge is 0.356 e. The highest BCUT2D eigenvalue weighted by Crippen LogP contribution is 2.12. The SMILES string of the molecule is CC(C)CNC(=O)CCNCc1cccc([N+](=O)[O-])c1. The zero-order valence-corrected chi connectivity index (χ0v) is 11.9. The van der Waals surface area contributed by atoms with Gasteiger partial charge in [-0.05, 0) is 11.5 Å². The van der Waals surface area contributed by atoms with Gasteiger partial charge in [0.25, 0.3) is 5.69 Å². The summed E-state index contributed by atoms with van der Waals surface area (Å²) in [5.41, 5.74) is 0.917. The second-order valence-corrected chi connectivity index (χ2v) is 5.05. The lowest BCUT2D eigenvalue weighted by molar-refractivity contribution is -0.384. The average molecular weight is 279 g/mol. The third-order valence-electron chi connectivity index (χ3n) is 2.69. The first kappa shape index (κ1) is 16.1. The summed E-state index contributed by atoms with van der Waals surface area (Å²) < 4.78 is 0. The molecule has 6 heteroatoms. The highest BCUT2D eigenvalue weighted by molar-refractivity contribution is 5.76. The molecule has 1 rings (SSSR count). The number of nitrogens with zero attached hydrogens (tertiary/aromatic N) is 1. The van der Waals surface area contributed by atoms with Gasteiger partial charge in [-0.2, -0.15) is 0 Å². The Kier molecular flexibility index (Phi) is 6.66. The number of nitro groups is 1. The van der Waals surface area contributed by atoms with Gasteiger partial charge in [0, 0.05) is 38.2 Å². The van der Waals surface area contributed by atoms with E-state index in [1.165, 1.54) is 12.1 Å². The number of hydrogen-bond donors (Lipinski definition) is 2. The molecule has 0 atom stereocenters. The predicted octanol–water partition coefficient (Wildman–Crippen LogP) is 1.85. The second kappa shape index (κ2) is 8.27. The highest BCUT2D eigenvalue weighted by atomic mass is 16.6. The van der Waals surface area contributed by atoms with Crippen molar-refractivity contribution in [2.75, 3.05) is 13.1 Å². The van der Waals surface area contributed by atoms with Crippen LogP contribution in [0.15, 0.2) is 24.3 Å². The monoisotopic (exact) mass is 279 g/mol. The van der Waals surface area contributed by atoms with E-state index < -0.39 is 4.92 Å². The van der Waals surface area contributed by atoms with Crippen molar-refractivity contribution in [1.29, 1.82) is 0 Å². The molecule has 0 aliphatic carbocycles. The molecule has 110 valence electrons. The van der Waals surface area contributed by atoms with Gasteiger partial charge in [0.15, 0.2) is 0 Å². The standard InChI is InChI=1S/C14H21N3O3/c1-11(2)9-16-14(18)6-7-15-10-12-4-3-5-13(8-12)17(19)20/h3-5,8,11,15H,6-7,9-10H2,1-2H3,(H,16,18). The lowest BCUT2D eigenvalue weighted by Crippen LogP contribution is -2.30. The predicted molar refractivity (Wildman–Crippen MR) is 77.3 cm³/mol. The van der Waals surface area contributed by atoms with E-state index in [1.807, 2.05) is 19.9 Å². The summed E-state index contributed by atoms with van der Waals surface area (Å²) in [5, 5.41) is 16.6.